The number of hydrogen-bond donors (Lipinski definition) is 0. The Morgan fingerprint density at radius 3 is 2.36 bits per heavy atom. The van der Waals surface area contributed by atoms with Gasteiger partial charge in [0.05, 0.1) is 4.90 Å². The third-order valence-corrected chi connectivity index (χ3v) is 9.24. The van der Waals surface area contributed by atoms with Crippen molar-refractivity contribution in [2.24, 2.45) is 0 Å². The number of likely N-dealkylation sites (tertiary alicyclic amines) is 1. The number of nitrogens with zero attached hydrogens (tertiary/aromatic N) is 3. The molecule has 9 heteroatoms. The second-order valence-electron chi connectivity index (χ2n) is 8.52. The molecule has 2 saturated heterocycles. The highest BCUT2D eigenvalue weighted by Crippen LogP contribution is 2.38. The van der Waals surface area contributed by atoms with Crippen molar-refractivity contribution in [2.45, 2.75) is 47.5 Å². The average molecular weight is 486 g/mol. The van der Waals surface area contributed by atoms with E-state index in [4.69, 9.17) is 4.42 Å². The molecule has 0 saturated carbocycles. The molecule has 2 fully saturated rings. The van der Waals surface area contributed by atoms with Gasteiger partial charge >= 0.3 is 0 Å². The van der Waals surface area contributed by atoms with Gasteiger partial charge in [0.15, 0.2) is 5.58 Å². The van der Waals surface area contributed by atoms with Gasteiger partial charge in [0.2, 0.25) is 15.9 Å². The van der Waals surface area contributed by atoms with E-state index in [2.05, 4.69) is 4.98 Å². The summed E-state index contributed by atoms with van der Waals surface area (Å²) in [5, 5.41) is -0.104. The highest BCUT2D eigenvalue weighted by molar-refractivity contribution is 8.00. The SMILES string of the molecule is O=C([C@H](Sc1nc2cc(S(=O)(=O)N3CCCCC3)ccc2o1)c1ccccc1)N1CCCC1. The summed E-state index contributed by atoms with van der Waals surface area (Å²) < 4.78 is 33.6. The van der Waals surface area contributed by atoms with Crippen molar-refractivity contribution < 1.29 is 17.6 Å². The number of sulfonamides is 1. The van der Waals surface area contributed by atoms with Crippen molar-refractivity contribution >= 4 is 38.8 Å². The molecule has 7 nitrogen and oxygen atoms in total. The molecule has 5 rings (SSSR count). The van der Waals surface area contributed by atoms with Crippen LogP contribution in [0.1, 0.15) is 42.9 Å². The van der Waals surface area contributed by atoms with Crippen molar-refractivity contribution in [2.75, 3.05) is 26.2 Å². The zero-order valence-corrected chi connectivity index (χ0v) is 20.0. The lowest BCUT2D eigenvalue weighted by molar-refractivity contribution is -0.129. The van der Waals surface area contributed by atoms with Gasteiger partial charge in [-0.3, -0.25) is 4.79 Å². The zero-order valence-electron chi connectivity index (χ0n) is 18.4. The van der Waals surface area contributed by atoms with Gasteiger partial charge in [-0.05, 0) is 61.2 Å². The van der Waals surface area contributed by atoms with Crippen LogP contribution in [0.2, 0.25) is 0 Å². The Morgan fingerprint density at radius 1 is 0.939 bits per heavy atom. The molecule has 3 aromatic rings. The van der Waals surface area contributed by atoms with Crippen LogP contribution in [0.25, 0.3) is 11.1 Å². The average Bonchev–Trinajstić information content (AvgIpc) is 3.53. The smallest absolute Gasteiger partial charge is 0.257 e. The van der Waals surface area contributed by atoms with E-state index in [9.17, 15) is 13.2 Å². The second kappa shape index (κ2) is 9.48. The Kier molecular flexibility index (Phi) is 6.44. The summed E-state index contributed by atoms with van der Waals surface area (Å²) in [4.78, 5) is 20.0. The van der Waals surface area contributed by atoms with Crippen molar-refractivity contribution in [3.05, 3.63) is 54.1 Å². The largest absolute Gasteiger partial charge is 0.431 e. The predicted molar refractivity (Wildman–Crippen MR) is 127 cm³/mol. The van der Waals surface area contributed by atoms with Crippen LogP contribution in [0.5, 0.6) is 0 Å². The van der Waals surface area contributed by atoms with Gasteiger partial charge in [-0.2, -0.15) is 4.31 Å². The molecule has 1 amide bonds. The summed E-state index contributed by atoms with van der Waals surface area (Å²) in [6.07, 6.45) is 4.88. The number of fused-ring (bicyclic) bond motifs is 1. The fourth-order valence-corrected chi connectivity index (χ4v) is 7.02. The molecule has 33 heavy (non-hydrogen) atoms. The van der Waals surface area contributed by atoms with Crippen molar-refractivity contribution in [1.82, 2.24) is 14.2 Å². The molecule has 0 N–H and O–H groups in total. The molecule has 1 aromatic heterocycles. The minimum Gasteiger partial charge on any atom is -0.431 e. The van der Waals surface area contributed by atoms with E-state index in [0.29, 0.717) is 29.4 Å². The van der Waals surface area contributed by atoms with Crippen LogP contribution >= 0.6 is 11.8 Å². The lowest BCUT2D eigenvalue weighted by atomic mass is 10.1. The molecule has 2 aromatic carbocycles. The van der Waals surface area contributed by atoms with E-state index in [-0.39, 0.29) is 10.8 Å². The molecule has 0 unspecified atom stereocenters. The fraction of sp³-hybridized carbons (Fsp3) is 0.417. The molecule has 1 atom stereocenters. The number of piperidine rings is 1. The summed E-state index contributed by atoms with van der Waals surface area (Å²) in [5.41, 5.74) is 1.89. The summed E-state index contributed by atoms with van der Waals surface area (Å²) in [7, 11) is -3.55. The predicted octanol–water partition coefficient (Wildman–Crippen LogP) is 4.46. The van der Waals surface area contributed by atoms with Gasteiger partial charge in [0.1, 0.15) is 10.8 Å². The van der Waals surface area contributed by atoms with Gasteiger partial charge in [-0.1, -0.05) is 36.8 Å². The Labute approximate surface area is 198 Å². The number of benzene rings is 2. The first-order valence-corrected chi connectivity index (χ1v) is 13.8. The number of carbonyl (C=O) groups is 1. The number of amides is 1. The Morgan fingerprint density at radius 2 is 1.64 bits per heavy atom. The first-order valence-electron chi connectivity index (χ1n) is 11.4. The van der Waals surface area contributed by atoms with E-state index in [1.165, 1.54) is 11.8 Å². The summed E-state index contributed by atoms with van der Waals surface area (Å²) >= 11 is 1.28. The number of hydrogen-bond acceptors (Lipinski definition) is 6. The van der Waals surface area contributed by atoms with Gasteiger partial charge in [-0.25, -0.2) is 13.4 Å². The van der Waals surface area contributed by atoms with Gasteiger partial charge in [-0.15, -0.1) is 0 Å². The molecule has 3 heterocycles. The standard InChI is InChI=1S/C24H27N3O4S2/c28-23(26-13-7-8-14-26)22(18-9-3-1-4-10-18)32-24-25-20-17-19(11-12-21(20)31-24)33(29,30)27-15-5-2-6-16-27/h1,3-4,9-12,17,22H,2,5-8,13-16H2/t22-/m1/s1. The third-order valence-electron chi connectivity index (χ3n) is 6.26. The first-order chi connectivity index (χ1) is 16.0. The number of rotatable bonds is 6. The molecule has 174 valence electrons. The van der Waals surface area contributed by atoms with E-state index >= 15 is 0 Å². The van der Waals surface area contributed by atoms with E-state index < -0.39 is 15.3 Å². The normalized spacial score (nSPS) is 18.6. The Balaban J connectivity index is 1.43. The quantitative estimate of drug-likeness (QED) is 0.480. The Hall–Kier alpha value is -2.36. The van der Waals surface area contributed by atoms with E-state index in [0.717, 1.165) is 50.8 Å². The molecule has 2 aliphatic rings. The maximum atomic E-state index is 13.3. The zero-order chi connectivity index (χ0) is 22.8. The van der Waals surface area contributed by atoms with Crippen molar-refractivity contribution in [3.63, 3.8) is 0 Å². The summed E-state index contributed by atoms with van der Waals surface area (Å²) in [6.45, 7) is 2.65. The van der Waals surface area contributed by atoms with Gasteiger partial charge in [0.25, 0.3) is 5.22 Å². The van der Waals surface area contributed by atoms with E-state index in [1.807, 2.05) is 35.2 Å². The lowest BCUT2D eigenvalue weighted by Crippen LogP contribution is -2.35. The molecular weight excluding hydrogens is 458 g/mol. The fourth-order valence-electron chi connectivity index (χ4n) is 4.44. The van der Waals surface area contributed by atoms with Crippen LogP contribution in [0.3, 0.4) is 0 Å². The Bertz CT molecular complexity index is 1230. The monoisotopic (exact) mass is 485 g/mol. The number of carbonyl (C=O) groups excluding carboxylic acids is 1. The van der Waals surface area contributed by atoms with Crippen LogP contribution < -0.4 is 0 Å². The minimum absolute atomic E-state index is 0.0549. The van der Waals surface area contributed by atoms with Crippen LogP contribution in [0.4, 0.5) is 0 Å². The van der Waals surface area contributed by atoms with Crippen LogP contribution in [-0.4, -0.2) is 54.7 Å². The topological polar surface area (TPSA) is 83.7 Å². The molecular formula is C24H27N3O4S2. The highest BCUT2D eigenvalue weighted by Gasteiger charge is 2.31. The molecule has 0 radical (unpaired) electrons. The summed E-state index contributed by atoms with van der Waals surface area (Å²) in [5.74, 6) is 0.0549. The summed E-state index contributed by atoms with van der Waals surface area (Å²) in [6, 6.07) is 14.5. The van der Waals surface area contributed by atoms with E-state index in [1.54, 1.807) is 22.5 Å². The molecule has 0 aliphatic carbocycles. The van der Waals surface area contributed by atoms with Crippen molar-refractivity contribution in [1.29, 1.82) is 0 Å². The van der Waals surface area contributed by atoms with Gasteiger partial charge in [0, 0.05) is 26.2 Å². The lowest BCUT2D eigenvalue weighted by Gasteiger charge is -2.25. The first kappa shape index (κ1) is 22.4. The second-order valence-corrected chi connectivity index (χ2v) is 11.5. The molecule has 0 spiro atoms. The number of thioether (sulfide) groups is 1. The van der Waals surface area contributed by atoms with Gasteiger partial charge < -0.3 is 9.32 Å². The number of aromatic nitrogens is 1. The highest BCUT2D eigenvalue weighted by atomic mass is 32.2. The molecule has 0 bridgehead atoms. The van der Waals surface area contributed by atoms with Crippen LogP contribution in [0, 0.1) is 0 Å². The van der Waals surface area contributed by atoms with Crippen molar-refractivity contribution in [3.8, 4) is 0 Å². The minimum atomic E-state index is -3.55. The maximum absolute atomic E-state index is 13.3. The number of oxazole rings is 1. The van der Waals surface area contributed by atoms with Crippen LogP contribution in [-0.2, 0) is 14.8 Å². The molecule has 2 aliphatic heterocycles. The van der Waals surface area contributed by atoms with Crippen LogP contribution in [0.15, 0.2) is 63.1 Å². The third kappa shape index (κ3) is 4.67. The maximum Gasteiger partial charge on any atom is 0.257 e.